The first kappa shape index (κ1) is 17.0. The third kappa shape index (κ3) is 3.60. The number of allylic oxidation sites excluding steroid dienone is 1. The van der Waals surface area contributed by atoms with Gasteiger partial charge in [-0.1, -0.05) is 29.8 Å². The molecule has 1 aromatic heterocycles. The van der Waals surface area contributed by atoms with Gasteiger partial charge in [-0.15, -0.1) is 0 Å². The van der Waals surface area contributed by atoms with Gasteiger partial charge >= 0.3 is 0 Å². The van der Waals surface area contributed by atoms with Gasteiger partial charge in [-0.3, -0.25) is 9.78 Å². The van der Waals surface area contributed by atoms with E-state index in [1.807, 2.05) is 12.1 Å². The van der Waals surface area contributed by atoms with Crippen molar-refractivity contribution in [1.29, 1.82) is 0 Å². The van der Waals surface area contributed by atoms with Crippen LogP contribution < -0.4 is 9.47 Å². The zero-order chi connectivity index (χ0) is 18.8. The highest BCUT2D eigenvalue weighted by atomic mass is 16.5. The second-order valence-corrected chi connectivity index (χ2v) is 6.60. The van der Waals surface area contributed by atoms with Crippen LogP contribution >= 0.6 is 0 Å². The number of aromatic nitrogens is 1. The fourth-order valence-corrected chi connectivity index (χ4v) is 2.99. The molecule has 2 aromatic carbocycles. The molecule has 0 atom stereocenters. The predicted molar refractivity (Wildman–Crippen MR) is 104 cm³/mol. The summed E-state index contributed by atoms with van der Waals surface area (Å²) >= 11 is 0. The third-order valence-electron chi connectivity index (χ3n) is 4.52. The minimum atomic E-state index is -0.130. The van der Waals surface area contributed by atoms with E-state index in [0.717, 1.165) is 11.1 Å². The van der Waals surface area contributed by atoms with Crippen molar-refractivity contribution in [3.8, 4) is 11.5 Å². The quantitative estimate of drug-likeness (QED) is 0.624. The maximum Gasteiger partial charge on any atom is 0.231 e. The molecule has 0 amide bonds. The highest BCUT2D eigenvalue weighted by Crippen LogP contribution is 2.35. The summed E-state index contributed by atoms with van der Waals surface area (Å²) in [4.78, 5) is 16.6. The Morgan fingerprint density at radius 1 is 1.11 bits per heavy atom. The fourth-order valence-electron chi connectivity index (χ4n) is 2.99. The standard InChI is InChI=1S/C23H19NO3/c1-15-5-6-16(2)18(10-15)14-26-19-7-8-20-21(12-19)27-22(23(20)25)11-17-4-3-9-24-13-17/h3-13H,14H2,1-2H3. The van der Waals surface area contributed by atoms with Crippen LogP contribution in [-0.2, 0) is 6.61 Å². The molecule has 1 aliphatic rings. The summed E-state index contributed by atoms with van der Waals surface area (Å²) < 4.78 is 11.7. The number of hydrogen-bond donors (Lipinski definition) is 0. The molecule has 0 unspecified atom stereocenters. The van der Waals surface area contributed by atoms with E-state index < -0.39 is 0 Å². The number of ether oxygens (including phenoxy) is 2. The lowest BCUT2D eigenvalue weighted by molar-refractivity contribution is 0.101. The van der Waals surface area contributed by atoms with Crippen molar-refractivity contribution in [2.75, 3.05) is 0 Å². The van der Waals surface area contributed by atoms with E-state index in [1.165, 1.54) is 11.1 Å². The Bertz CT molecular complexity index is 1040. The van der Waals surface area contributed by atoms with Crippen molar-refractivity contribution in [1.82, 2.24) is 4.98 Å². The second-order valence-electron chi connectivity index (χ2n) is 6.60. The van der Waals surface area contributed by atoms with Gasteiger partial charge in [-0.25, -0.2) is 0 Å². The third-order valence-corrected chi connectivity index (χ3v) is 4.52. The van der Waals surface area contributed by atoms with Gasteiger partial charge in [-0.05, 0) is 54.8 Å². The molecule has 0 saturated carbocycles. The van der Waals surface area contributed by atoms with E-state index in [2.05, 4.69) is 37.0 Å². The van der Waals surface area contributed by atoms with Gasteiger partial charge in [0.2, 0.25) is 5.78 Å². The number of pyridine rings is 1. The summed E-state index contributed by atoms with van der Waals surface area (Å²) in [5, 5.41) is 0. The van der Waals surface area contributed by atoms with Crippen LogP contribution in [0.3, 0.4) is 0 Å². The summed E-state index contributed by atoms with van der Waals surface area (Å²) in [5.74, 6) is 1.36. The second kappa shape index (κ2) is 7.08. The Morgan fingerprint density at radius 3 is 2.81 bits per heavy atom. The highest BCUT2D eigenvalue weighted by molar-refractivity contribution is 6.14. The topological polar surface area (TPSA) is 48.4 Å². The molecule has 0 saturated heterocycles. The minimum Gasteiger partial charge on any atom is -0.489 e. The van der Waals surface area contributed by atoms with Gasteiger partial charge in [0.1, 0.15) is 18.1 Å². The van der Waals surface area contributed by atoms with Gasteiger partial charge in [0.25, 0.3) is 0 Å². The summed E-state index contributed by atoms with van der Waals surface area (Å²) in [5.41, 5.74) is 4.90. The lowest BCUT2D eigenvalue weighted by Crippen LogP contribution is -1.99. The monoisotopic (exact) mass is 357 g/mol. The lowest BCUT2D eigenvalue weighted by Gasteiger charge is -2.10. The molecule has 4 nitrogen and oxygen atoms in total. The number of rotatable bonds is 4. The van der Waals surface area contributed by atoms with E-state index in [9.17, 15) is 4.79 Å². The van der Waals surface area contributed by atoms with Crippen LogP contribution in [0.4, 0.5) is 0 Å². The summed E-state index contributed by atoms with van der Waals surface area (Å²) in [6.45, 7) is 4.60. The number of aryl methyl sites for hydroxylation is 2. The largest absolute Gasteiger partial charge is 0.489 e. The molecule has 0 N–H and O–H groups in total. The molecule has 0 aliphatic carbocycles. The minimum absolute atomic E-state index is 0.130. The SMILES string of the molecule is Cc1ccc(C)c(COc2ccc3c(c2)OC(=Cc2cccnc2)C3=O)c1. The van der Waals surface area contributed by atoms with Crippen LogP contribution in [0.5, 0.6) is 11.5 Å². The Kier molecular flexibility index (Phi) is 4.47. The molecule has 0 fully saturated rings. The average molecular weight is 357 g/mol. The van der Waals surface area contributed by atoms with Gasteiger partial charge < -0.3 is 9.47 Å². The van der Waals surface area contributed by atoms with Crippen LogP contribution in [0, 0.1) is 13.8 Å². The first-order chi connectivity index (χ1) is 13.1. The van der Waals surface area contributed by atoms with Crippen LogP contribution in [0.15, 0.2) is 66.7 Å². The Hall–Kier alpha value is -3.40. The van der Waals surface area contributed by atoms with E-state index >= 15 is 0 Å². The van der Waals surface area contributed by atoms with Crippen molar-refractivity contribution in [3.63, 3.8) is 0 Å². The van der Waals surface area contributed by atoms with Gasteiger partial charge in [0, 0.05) is 18.5 Å². The number of fused-ring (bicyclic) bond motifs is 1. The molecule has 0 spiro atoms. The molecule has 0 bridgehead atoms. The number of ketones is 1. The highest BCUT2D eigenvalue weighted by Gasteiger charge is 2.27. The van der Waals surface area contributed by atoms with Crippen LogP contribution in [0.2, 0.25) is 0 Å². The van der Waals surface area contributed by atoms with E-state index in [0.29, 0.717) is 29.4 Å². The molecule has 27 heavy (non-hydrogen) atoms. The molecular formula is C23H19NO3. The molecule has 3 aromatic rings. The first-order valence-corrected chi connectivity index (χ1v) is 8.77. The zero-order valence-corrected chi connectivity index (χ0v) is 15.2. The molecule has 4 rings (SSSR count). The number of hydrogen-bond acceptors (Lipinski definition) is 4. The van der Waals surface area contributed by atoms with Gasteiger partial charge in [0.05, 0.1) is 5.56 Å². The Labute approximate surface area is 158 Å². The molecule has 2 heterocycles. The van der Waals surface area contributed by atoms with E-state index in [-0.39, 0.29) is 5.78 Å². The molecule has 0 radical (unpaired) electrons. The average Bonchev–Trinajstić information content (AvgIpc) is 2.98. The number of carbonyl (C=O) groups is 1. The van der Waals surface area contributed by atoms with Crippen molar-refractivity contribution in [3.05, 3.63) is 94.5 Å². The lowest BCUT2D eigenvalue weighted by atomic mass is 10.1. The van der Waals surface area contributed by atoms with E-state index in [4.69, 9.17) is 9.47 Å². The normalized spacial score (nSPS) is 14.1. The molecule has 1 aliphatic heterocycles. The van der Waals surface area contributed by atoms with Crippen molar-refractivity contribution in [2.45, 2.75) is 20.5 Å². The number of Topliss-reactive ketones (excluding diaryl/α,β-unsaturated/α-hetero) is 1. The summed E-state index contributed by atoms with van der Waals surface area (Å²) in [7, 11) is 0. The molecular weight excluding hydrogens is 338 g/mol. The summed E-state index contributed by atoms with van der Waals surface area (Å²) in [6, 6.07) is 15.3. The maximum atomic E-state index is 12.5. The Morgan fingerprint density at radius 2 is 2.00 bits per heavy atom. The Balaban J connectivity index is 1.52. The molecule has 4 heteroatoms. The van der Waals surface area contributed by atoms with Crippen molar-refractivity contribution < 1.29 is 14.3 Å². The van der Waals surface area contributed by atoms with Crippen molar-refractivity contribution >= 4 is 11.9 Å². The number of carbonyl (C=O) groups excluding carboxylic acids is 1. The van der Waals surface area contributed by atoms with E-state index in [1.54, 1.807) is 36.7 Å². The zero-order valence-electron chi connectivity index (χ0n) is 15.2. The predicted octanol–water partition coefficient (Wildman–Crippen LogP) is 4.89. The first-order valence-electron chi connectivity index (χ1n) is 8.77. The van der Waals surface area contributed by atoms with Crippen LogP contribution in [0.1, 0.15) is 32.6 Å². The van der Waals surface area contributed by atoms with Gasteiger partial charge in [-0.2, -0.15) is 0 Å². The van der Waals surface area contributed by atoms with Crippen molar-refractivity contribution in [2.24, 2.45) is 0 Å². The molecule has 134 valence electrons. The fraction of sp³-hybridized carbons (Fsp3) is 0.130. The number of nitrogens with zero attached hydrogens (tertiary/aromatic N) is 1. The van der Waals surface area contributed by atoms with Crippen LogP contribution in [-0.4, -0.2) is 10.8 Å². The summed E-state index contributed by atoms with van der Waals surface area (Å²) in [6.07, 6.45) is 5.07. The smallest absolute Gasteiger partial charge is 0.231 e. The van der Waals surface area contributed by atoms with Gasteiger partial charge in [0.15, 0.2) is 5.76 Å². The van der Waals surface area contributed by atoms with Crippen LogP contribution in [0.25, 0.3) is 6.08 Å². The maximum absolute atomic E-state index is 12.5. The number of benzene rings is 2.